The summed E-state index contributed by atoms with van der Waals surface area (Å²) in [5.74, 6) is -0.681. The molecule has 1 aliphatic rings. The summed E-state index contributed by atoms with van der Waals surface area (Å²) >= 11 is 3.04. The number of esters is 1. The van der Waals surface area contributed by atoms with Crippen LogP contribution in [0.3, 0.4) is 0 Å². The van der Waals surface area contributed by atoms with Gasteiger partial charge in [-0.25, -0.2) is 4.79 Å². The number of carbonyl (C=O) groups is 3. The number of imide groups is 1. The maximum absolute atomic E-state index is 12.9. The Balaban J connectivity index is 1.51. The number of benzene rings is 3. The van der Waals surface area contributed by atoms with Crippen molar-refractivity contribution in [2.45, 2.75) is 13.5 Å². The van der Waals surface area contributed by atoms with E-state index in [0.717, 1.165) is 20.9 Å². The molecule has 0 N–H and O–H groups in total. The van der Waals surface area contributed by atoms with Gasteiger partial charge >= 0.3 is 5.97 Å². The van der Waals surface area contributed by atoms with Gasteiger partial charge in [0.1, 0.15) is 0 Å². The minimum atomic E-state index is -0.708. The van der Waals surface area contributed by atoms with Gasteiger partial charge in [0, 0.05) is 15.7 Å². The van der Waals surface area contributed by atoms with Crippen molar-refractivity contribution in [2.24, 2.45) is 0 Å². The summed E-state index contributed by atoms with van der Waals surface area (Å²) in [6, 6.07) is 17.4. The van der Waals surface area contributed by atoms with E-state index in [9.17, 15) is 24.5 Å². The number of hydrogen-bond donors (Lipinski definition) is 0. The standard InChI is InChI=1S/C26H19IN2O7S/c1-2-35-22-13-17(5-12-21(22)36-25(31)18-6-10-20(11-7-18)29(33)34)14-23-24(30)28(26(32)37-23)15-16-3-8-19(27)9-4-16/h3-14H,2,15H2,1H3/b23-14-. The van der Waals surface area contributed by atoms with Gasteiger partial charge in [-0.3, -0.25) is 24.6 Å². The summed E-state index contributed by atoms with van der Waals surface area (Å²) in [5, 5.41) is 10.5. The van der Waals surface area contributed by atoms with E-state index in [-0.39, 0.29) is 52.0 Å². The molecule has 37 heavy (non-hydrogen) atoms. The van der Waals surface area contributed by atoms with Gasteiger partial charge in [-0.1, -0.05) is 18.2 Å². The van der Waals surface area contributed by atoms with Crippen LogP contribution >= 0.6 is 34.4 Å². The fraction of sp³-hybridized carbons (Fsp3) is 0.115. The van der Waals surface area contributed by atoms with Crippen LogP contribution in [0.2, 0.25) is 0 Å². The summed E-state index contributed by atoms with van der Waals surface area (Å²) in [6.45, 7) is 2.24. The van der Waals surface area contributed by atoms with E-state index in [1.807, 2.05) is 24.3 Å². The second-order valence-corrected chi connectivity index (χ2v) is 9.97. The predicted molar refractivity (Wildman–Crippen MR) is 146 cm³/mol. The molecule has 3 aromatic carbocycles. The molecule has 2 amide bonds. The zero-order chi connectivity index (χ0) is 26.5. The molecule has 188 valence electrons. The summed E-state index contributed by atoms with van der Waals surface area (Å²) in [5.41, 5.74) is 1.43. The molecule has 0 spiro atoms. The molecule has 11 heteroatoms. The second-order valence-electron chi connectivity index (χ2n) is 7.73. The molecule has 0 aromatic heterocycles. The highest BCUT2D eigenvalue weighted by molar-refractivity contribution is 14.1. The van der Waals surface area contributed by atoms with Crippen molar-refractivity contribution in [2.75, 3.05) is 6.61 Å². The van der Waals surface area contributed by atoms with Gasteiger partial charge in [-0.05, 0) is 94.9 Å². The van der Waals surface area contributed by atoms with Crippen LogP contribution in [0.5, 0.6) is 11.5 Å². The second kappa shape index (κ2) is 11.6. The zero-order valence-electron chi connectivity index (χ0n) is 19.4. The Morgan fingerprint density at radius 3 is 2.41 bits per heavy atom. The number of amides is 2. The lowest BCUT2D eigenvalue weighted by atomic mass is 10.1. The van der Waals surface area contributed by atoms with E-state index in [0.29, 0.717) is 5.56 Å². The van der Waals surface area contributed by atoms with Crippen LogP contribution in [0.1, 0.15) is 28.4 Å². The number of halogens is 1. The fourth-order valence-corrected chi connectivity index (χ4v) is 4.60. The fourth-order valence-electron chi connectivity index (χ4n) is 3.41. The average Bonchev–Trinajstić information content (AvgIpc) is 3.14. The number of ether oxygens (including phenoxy) is 2. The van der Waals surface area contributed by atoms with Crippen molar-refractivity contribution in [3.8, 4) is 11.5 Å². The number of thioether (sulfide) groups is 1. The van der Waals surface area contributed by atoms with Gasteiger partial charge in [0.05, 0.1) is 28.5 Å². The van der Waals surface area contributed by atoms with E-state index in [1.165, 1.54) is 35.2 Å². The lowest BCUT2D eigenvalue weighted by Crippen LogP contribution is -2.27. The normalized spacial score (nSPS) is 14.2. The van der Waals surface area contributed by atoms with Gasteiger partial charge in [0.2, 0.25) is 0 Å². The topological polar surface area (TPSA) is 116 Å². The first-order valence-electron chi connectivity index (χ1n) is 11.0. The van der Waals surface area contributed by atoms with Crippen molar-refractivity contribution in [3.63, 3.8) is 0 Å². The molecule has 0 aliphatic carbocycles. The maximum Gasteiger partial charge on any atom is 0.343 e. The highest BCUT2D eigenvalue weighted by atomic mass is 127. The van der Waals surface area contributed by atoms with Gasteiger partial charge in [0.15, 0.2) is 11.5 Å². The van der Waals surface area contributed by atoms with Gasteiger partial charge in [0.25, 0.3) is 16.8 Å². The Morgan fingerprint density at radius 2 is 1.76 bits per heavy atom. The number of nitro groups is 1. The lowest BCUT2D eigenvalue weighted by Gasteiger charge is -2.12. The quantitative estimate of drug-likeness (QED) is 0.0738. The highest BCUT2D eigenvalue weighted by Crippen LogP contribution is 2.35. The van der Waals surface area contributed by atoms with Crippen molar-refractivity contribution in [3.05, 3.63) is 102 Å². The molecule has 0 bridgehead atoms. The Labute approximate surface area is 229 Å². The number of nitrogens with zero attached hydrogens (tertiary/aromatic N) is 2. The van der Waals surface area contributed by atoms with E-state index in [1.54, 1.807) is 25.1 Å². The van der Waals surface area contributed by atoms with Crippen LogP contribution in [-0.2, 0) is 11.3 Å². The largest absolute Gasteiger partial charge is 0.490 e. The predicted octanol–water partition coefficient (Wildman–Crippen LogP) is 6.05. The number of rotatable bonds is 8. The summed E-state index contributed by atoms with van der Waals surface area (Å²) in [4.78, 5) is 49.7. The first kappa shape index (κ1) is 26.4. The molecular weight excluding hydrogens is 611 g/mol. The van der Waals surface area contributed by atoms with Crippen LogP contribution in [-0.4, -0.2) is 33.5 Å². The molecule has 9 nitrogen and oxygen atoms in total. The SMILES string of the molecule is CCOc1cc(/C=C2\SC(=O)N(Cc3ccc(I)cc3)C2=O)ccc1OC(=O)c1ccc([N+](=O)[O-])cc1. The minimum Gasteiger partial charge on any atom is -0.490 e. The molecule has 0 unspecified atom stereocenters. The molecule has 1 saturated heterocycles. The molecule has 0 atom stereocenters. The van der Waals surface area contributed by atoms with E-state index in [2.05, 4.69) is 22.6 Å². The molecule has 0 saturated carbocycles. The van der Waals surface area contributed by atoms with Crippen molar-refractivity contribution < 1.29 is 28.8 Å². The van der Waals surface area contributed by atoms with Gasteiger partial charge < -0.3 is 9.47 Å². The van der Waals surface area contributed by atoms with Crippen LogP contribution in [0.4, 0.5) is 10.5 Å². The Bertz CT molecular complexity index is 1410. The van der Waals surface area contributed by atoms with Crippen LogP contribution in [0, 0.1) is 13.7 Å². The monoisotopic (exact) mass is 630 g/mol. The van der Waals surface area contributed by atoms with Crippen molar-refractivity contribution in [1.29, 1.82) is 0 Å². The maximum atomic E-state index is 12.9. The van der Waals surface area contributed by atoms with E-state index in [4.69, 9.17) is 9.47 Å². The van der Waals surface area contributed by atoms with Crippen LogP contribution in [0.25, 0.3) is 6.08 Å². The third kappa shape index (κ3) is 6.35. The Morgan fingerprint density at radius 1 is 1.05 bits per heavy atom. The number of nitro benzene ring substituents is 1. The third-order valence-corrected chi connectivity index (χ3v) is 6.84. The lowest BCUT2D eigenvalue weighted by molar-refractivity contribution is -0.384. The van der Waals surface area contributed by atoms with Gasteiger partial charge in [-0.15, -0.1) is 0 Å². The molecule has 1 fully saturated rings. The minimum absolute atomic E-state index is 0.138. The van der Waals surface area contributed by atoms with Crippen molar-refractivity contribution in [1.82, 2.24) is 4.90 Å². The summed E-state index contributed by atoms with van der Waals surface area (Å²) in [7, 11) is 0. The molecule has 4 rings (SSSR count). The number of hydrogen-bond acceptors (Lipinski definition) is 8. The number of non-ortho nitro benzene ring substituents is 1. The number of carbonyl (C=O) groups excluding carboxylic acids is 3. The molecule has 1 heterocycles. The molecule has 0 radical (unpaired) electrons. The van der Waals surface area contributed by atoms with Crippen LogP contribution in [0.15, 0.2) is 71.6 Å². The molecule has 3 aromatic rings. The zero-order valence-corrected chi connectivity index (χ0v) is 22.4. The average molecular weight is 630 g/mol. The Kier molecular flexibility index (Phi) is 8.24. The third-order valence-electron chi connectivity index (χ3n) is 5.21. The summed E-state index contributed by atoms with van der Waals surface area (Å²) in [6.07, 6.45) is 1.59. The van der Waals surface area contributed by atoms with Crippen LogP contribution < -0.4 is 9.47 Å². The first-order chi connectivity index (χ1) is 17.7. The molecular formula is C26H19IN2O7S. The Hall–Kier alpha value is -3.71. The van der Waals surface area contributed by atoms with Crippen molar-refractivity contribution >= 4 is 63.2 Å². The molecule has 1 aliphatic heterocycles. The summed E-state index contributed by atoms with van der Waals surface area (Å²) < 4.78 is 12.1. The smallest absolute Gasteiger partial charge is 0.343 e. The van der Waals surface area contributed by atoms with E-state index >= 15 is 0 Å². The highest BCUT2D eigenvalue weighted by Gasteiger charge is 2.35. The van der Waals surface area contributed by atoms with E-state index < -0.39 is 10.9 Å². The van der Waals surface area contributed by atoms with Gasteiger partial charge in [-0.2, -0.15) is 0 Å². The first-order valence-corrected chi connectivity index (χ1v) is 12.9.